The molecule has 2 aromatic rings. The molecular weight excluding hydrogens is 510 g/mol. The molecule has 6 nitrogen and oxygen atoms in total. The third-order valence-electron chi connectivity index (χ3n) is 6.47. The van der Waals surface area contributed by atoms with Crippen LogP contribution in [0.3, 0.4) is 0 Å². The Balaban J connectivity index is 1.77. The maximum absolute atomic E-state index is 13.7. The number of ether oxygens (including phenoxy) is 3. The molecule has 1 aliphatic heterocycles. The Labute approximate surface area is 214 Å². The molecule has 2 atom stereocenters. The molecule has 0 saturated heterocycles. The van der Waals surface area contributed by atoms with E-state index in [4.69, 9.17) is 14.2 Å². The summed E-state index contributed by atoms with van der Waals surface area (Å²) in [6.45, 7) is 5.52. The summed E-state index contributed by atoms with van der Waals surface area (Å²) >= 11 is 3.48. The number of hydrogen-bond donors (Lipinski definition) is 1. The van der Waals surface area contributed by atoms with E-state index < -0.39 is 11.9 Å². The van der Waals surface area contributed by atoms with E-state index in [-0.39, 0.29) is 17.8 Å². The van der Waals surface area contributed by atoms with E-state index in [0.29, 0.717) is 41.2 Å². The number of allylic oxidation sites excluding steroid dienone is 3. The summed E-state index contributed by atoms with van der Waals surface area (Å²) < 4.78 is 17.4. The number of Topliss-reactive ketones (excluding diaryl/α,β-unsaturated/α-hetero) is 1. The number of halogens is 1. The lowest BCUT2D eigenvalue weighted by atomic mass is 9.71. The Bertz CT molecular complexity index is 1210. The van der Waals surface area contributed by atoms with Crippen molar-refractivity contribution in [2.75, 3.05) is 14.2 Å². The minimum atomic E-state index is -0.482. The smallest absolute Gasteiger partial charge is 0.337 e. The minimum absolute atomic E-state index is 0.0175. The maximum Gasteiger partial charge on any atom is 0.337 e. The summed E-state index contributed by atoms with van der Waals surface area (Å²) in [5.41, 5.74) is 4.59. The first kappa shape index (κ1) is 25.0. The van der Waals surface area contributed by atoms with Crippen LogP contribution in [0.5, 0.6) is 11.5 Å². The molecule has 1 aliphatic carbocycles. The normalized spacial score (nSPS) is 19.9. The van der Waals surface area contributed by atoms with Crippen LogP contribution in [0.25, 0.3) is 0 Å². The highest BCUT2D eigenvalue weighted by Gasteiger charge is 2.41. The van der Waals surface area contributed by atoms with Crippen LogP contribution in [0.4, 0.5) is 0 Å². The fourth-order valence-electron chi connectivity index (χ4n) is 4.92. The number of ketones is 1. The zero-order valence-electron chi connectivity index (χ0n) is 20.6. The van der Waals surface area contributed by atoms with Gasteiger partial charge in [0.05, 0.1) is 25.9 Å². The minimum Gasteiger partial charge on any atom is -0.493 e. The van der Waals surface area contributed by atoms with Crippen LogP contribution in [0.15, 0.2) is 69.5 Å². The molecule has 0 fully saturated rings. The molecule has 2 aliphatic rings. The van der Waals surface area contributed by atoms with Gasteiger partial charge >= 0.3 is 5.97 Å². The summed E-state index contributed by atoms with van der Waals surface area (Å²) in [6.07, 6.45) is 0.724. The van der Waals surface area contributed by atoms with Gasteiger partial charge in [-0.15, -0.1) is 0 Å². The van der Waals surface area contributed by atoms with E-state index in [1.54, 1.807) is 14.2 Å². The van der Waals surface area contributed by atoms with Crippen molar-refractivity contribution in [1.29, 1.82) is 0 Å². The summed E-state index contributed by atoms with van der Waals surface area (Å²) in [7, 11) is 3.20. The first-order chi connectivity index (χ1) is 16.7. The van der Waals surface area contributed by atoms with E-state index in [1.165, 1.54) is 0 Å². The van der Waals surface area contributed by atoms with Crippen LogP contribution in [-0.4, -0.2) is 32.1 Å². The summed E-state index contributed by atoms with van der Waals surface area (Å²) in [6, 6.07) is 13.5. The predicted octanol–water partition coefficient (Wildman–Crippen LogP) is 5.78. The third-order valence-corrected chi connectivity index (χ3v) is 7.00. The number of methoxy groups -OCH3 is 2. The van der Waals surface area contributed by atoms with Crippen LogP contribution in [0.1, 0.15) is 56.6 Å². The highest BCUT2D eigenvalue weighted by molar-refractivity contribution is 9.10. The molecular formula is C28H30BrNO5. The first-order valence-corrected chi connectivity index (χ1v) is 12.4. The fourth-order valence-corrected chi connectivity index (χ4v) is 5.18. The molecule has 0 spiro atoms. The molecule has 2 aromatic carbocycles. The molecule has 4 rings (SSSR count). The molecule has 35 heavy (non-hydrogen) atoms. The molecule has 7 heteroatoms. The lowest BCUT2D eigenvalue weighted by Gasteiger charge is -2.37. The second-order valence-electron chi connectivity index (χ2n) is 9.14. The molecule has 0 radical (unpaired) electrons. The van der Waals surface area contributed by atoms with Crippen molar-refractivity contribution in [3.05, 3.63) is 80.6 Å². The Hall–Kier alpha value is -3.06. The number of esters is 1. The van der Waals surface area contributed by atoms with Gasteiger partial charge < -0.3 is 19.5 Å². The number of carbonyl (C=O) groups excluding carboxylic acids is 2. The number of rotatable bonds is 6. The zero-order valence-corrected chi connectivity index (χ0v) is 22.2. The molecule has 0 amide bonds. The SMILES string of the molecule is COc1ccc([C@@H]2CC(=O)C3=C(C2)NC(C)=C(C(=O)OC(C)C)[C@H]3c2ccc(Br)cc2)cc1OC. The van der Waals surface area contributed by atoms with Gasteiger partial charge in [-0.1, -0.05) is 34.1 Å². The van der Waals surface area contributed by atoms with E-state index in [0.717, 1.165) is 21.3 Å². The van der Waals surface area contributed by atoms with Crippen LogP contribution < -0.4 is 14.8 Å². The molecule has 0 aromatic heterocycles. The highest BCUT2D eigenvalue weighted by Crippen LogP contribution is 2.46. The maximum atomic E-state index is 13.7. The van der Waals surface area contributed by atoms with Gasteiger partial charge in [-0.2, -0.15) is 0 Å². The molecule has 0 unspecified atom stereocenters. The van der Waals surface area contributed by atoms with E-state index in [2.05, 4.69) is 21.2 Å². The molecule has 1 heterocycles. The average Bonchev–Trinajstić information content (AvgIpc) is 2.82. The summed E-state index contributed by atoms with van der Waals surface area (Å²) in [4.78, 5) is 26.9. The van der Waals surface area contributed by atoms with E-state index in [9.17, 15) is 9.59 Å². The summed E-state index contributed by atoms with van der Waals surface area (Å²) in [5.74, 6) is 0.404. The van der Waals surface area contributed by atoms with Gasteiger partial charge in [0, 0.05) is 33.8 Å². The van der Waals surface area contributed by atoms with Gasteiger partial charge in [0.2, 0.25) is 0 Å². The lowest BCUT2D eigenvalue weighted by Crippen LogP contribution is -2.36. The largest absolute Gasteiger partial charge is 0.493 e. The molecule has 0 bridgehead atoms. The summed E-state index contributed by atoms with van der Waals surface area (Å²) in [5, 5.41) is 3.39. The Kier molecular flexibility index (Phi) is 7.36. The Morgan fingerprint density at radius 3 is 2.29 bits per heavy atom. The quantitative estimate of drug-likeness (QED) is 0.469. The van der Waals surface area contributed by atoms with Crippen molar-refractivity contribution in [3.8, 4) is 11.5 Å². The number of carbonyl (C=O) groups is 2. The Morgan fingerprint density at radius 2 is 1.66 bits per heavy atom. The van der Waals surface area contributed by atoms with Crippen molar-refractivity contribution in [2.45, 2.75) is 51.6 Å². The van der Waals surface area contributed by atoms with E-state index in [1.807, 2.05) is 63.2 Å². The standard InChI is InChI=1S/C28H30BrNO5/c1-15(2)35-28(32)25-16(3)30-21-12-19(18-8-11-23(33-4)24(14-18)34-5)13-22(31)27(21)26(25)17-6-9-20(29)10-7-17/h6-11,14-15,19,26,30H,12-13H2,1-5H3/t19-,26+/m0/s1. The zero-order chi connectivity index (χ0) is 25.3. The lowest BCUT2D eigenvalue weighted by molar-refractivity contribution is -0.143. The van der Waals surface area contributed by atoms with Crippen molar-refractivity contribution < 1.29 is 23.8 Å². The first-order valence-electron chi connectivity index (χ1n) is 11.7. The van der Waals surface area contributed by atoms with Gasteiger partial charge in [-0.3, -0.25) is 4.79 Å². The second kappa shape index (κ2) is 10.3. The third kappa shape index (κ3) is 5.01. The van der Waals surface area contributed by atoms with Gasteiger partial charge in [-0.25, -0.2) is 4.79 Å². The number of dihydropyridines is 1. The van der Waals surface area contributed by atoms with Crippen LogP contribution in [0.2, 0.25) is 0 Å². The van der Waals surface area contributed by atoms with Crippen LogP contribution >= 0.6 is 15.9 Å². The topological polar surface area (TPSA) is 73.9 Å². The molecule has 184 valence electrons. The van der Waals surface area contributed by atoms with E-state index >= 15 is 0 Å². The van der Waals surface area contributed by atoms with Crippen molar-refractivity contribution >= 4 is 27.7 Å². The molecule has 1 N–H and O–H groups in total. The predicted molar refractivity (Wildman–Crippen MR) is 138 cm³/mol. The van der Waals surface area contributed by atoms with Crippen LogP contribution in [-0.2, 0) is 14.3 Å². The fraction of sp³-hybridized carbons (Fsp3) is 0.357. The average molecular weight is 540 g/mol. The number of nitrogens with one attached hydrogen (secondary N) is 1. The van der Waals surface area contributed by atoms with Crippen molar-refractivity contribution in [1.82, 2.24) is 5.32 Å². The van der Waals surface area contributed by atoms with Gasteiger partial charge in [0.1, 0.15) is 0 Å². The van der Waals surface area contributed by atoms with Gasteiger partial charge in [-0.05, 0) is 68.5 Å². The Morgan fingerprint density at radius 1 is 1.00 bits per heavy atom. The second-order valence-corrected chi connectivity index (χ2v) is 10.1. The van der Waals surface area contributed by atoms with Crippen molar-refractivity contribution in [3.63, 3.8) is 0 Å². The monoisotopic (exact) mass is 539 g/mol. The molecule has 0 saturated carbocycles. The number of hydrogen-bond acceptors (Lipinski definition) is 6. The van der Waals surface area contributed by atoms with Gasteiger partial charge in [0.15, 0.2) is 17.3 Å². The highest BCUT2D eigenvalue weighted by atomic mass is 79.9. The number of benzene rings is 2. The van der Waals surface area contributed by atoms with Crippen molar-refractivity contribution in [2.24, 2.45) is 0 Å². The van der Waals surface area contributed by atoms with Crippen LogP contribution in [0, 0.1) is 0 Å². The van der Waals surface area contributed by atoms with Gasteiger partial charge in [0.25, 0.3) is 0 Å².